The lowest BCUT2D eigenvalue weighted by Crippen LogP contribution is -2.34. The zero-order valence-corrected chi connectivity index (χ0v) is 17.8. The molecule has 0 saturated carbocycles. The molecular weight excluding hydrogens is 412 g/mol. The highest BCUT2D eigenvalue weighted by Crippen LogP contribution is 2.25. The van der Waals surface area contributed by atoms with Gasteiger partial charge < -0.3 is 0 Å². The predicted molar refractivity (Wildman–Crippen MR) is 110 cm³/mol. The van der Waals surface area contributed by atoms with Gasteiger partial charge in [-0.1, -0.05) is 36.8 Å². The Bertz CT molecular complexity index is 1200. The molecule has 1 heterocycles. The number of benzene rings is 2. The number of aryl methyl sites for hydroxylation is 1. The van der Waals surface area contributed by atoms with Crippen LogP contribution in [0.4, 0.5) is 0 Å². The van der Waals surface area contributed by atoms with Crippen molar-refractivity contribution in [3.05, 3.63) is 66.5 Å². The van der Waals surface area contributed by atoms with E-state index in [-0.39, 0.29) is 29.5 Å². The Labute approximate surface area is 171 Å². The van der Waals surface area contributed by atoms with E-state index in [0.717, 1.165) is 5.56 Å². The van der Waals surface area contributed by atoms with Crippen molar-refractivity contribution in [1.29, 1.82) is 0 Å². The van der Waals surface area contributed by atoms with Crippen molar-refractivity contribution >= 4 is 30.9 Å². The van der Waals surface area contributed by atoms with Gasteiger partial charge in [0.2, 0.25) is 10.0 Å². The summed E-state index contributed by atoms with van der Waals surface area (Å²) in [5.74, 6) is 0. The molecule has 0 saturated heterocycles. The van der Waals surface area contributed by atoms with E-state index in [2.05, 4.69) is 4.98 Å². The van der Waals surface area contributed by atoms with Crippen molar-refractivity contribution in [2.24, 2.45) is 0 Å². The van der Waals surface area contributed by atoms with Crippen LogP contribution in [0, 0.1) is 6.92 Å². The van der Waals surface area contributed by atoms with E-state index in [1.54, 1.807) is 43.5 Å². The van der Waals surface area contributed by atoms with E-state index in [1.807, 2.05) is 6.92 Å². The van der Waals surface area contributed by atoms with E-state index in [4.69, 9.17) is 4.18 Å². The SMILES string of the molecule is CCN(CCOS(=O)(=O)c1ccc(C)cc1)S(=O)(=O)c1cccc2cnccc12. The molecule has 2 aromatic carbocycles. The average molecular weight is 435 g/mol. The second-order valence-electron chi connectivity index (χ2n) is 6.44. The lowest BCUT2D eigenvalue weighted by Gasteiger charge is -2.21. The summed E-state index contributed by atoms with van der Waals surface area (Å²) in [5, 5.41) is 1.27. The second kappa shape index (κ2) is 8.58. The first-order valence-electron chi connectivity index (χ1n) is 9.04. The van der Waals surface area contributed by atoms with Crippen LogP contribution in [0.1, 0.15) is 12.5 Å². The van der Waals surface area contributed by atoms with Gasteiger partial charge in [-0.25, -0.2) is 8.42 Å². The van der Waals surface area contributed by atoms with E-state index in [0.29, 0.717) is 10.8 Å². The topological polar surface area (TPSA) is 93.6 Å². The Morgan fingerprint density at radius 3 is 2.41 bits per heavy atom. The average Bonchev–Trinajstić information content (AvgIpc) is 2.71. The van der Waals surface area contributed by atoms with Crippen molar-refractivity contribution in [2.75, 3.05) is 19.7 Å². The predicted octanol–water partition coefficient (Wildman–Crippen LogP) is 2.96. The molecule has 0 radical (unpaired) electrons. The zero-order valence-electron chi connectivity index (χ0n) is 16.1. The van der Waals surface area contributed by atoms with Gasteiger partial charge in [0.15, 0.2) is 0 Å². The van der Waals surface area contributed by atoms with Crippen molar-refractivity contribution in [2.45, 2.75) is 23.6 Å². The smallest absolute Gasteiger partial charge is 0.265 e. The highest BCUT2D eigenvalue weighted by Gasteiger charge is 2.26. The molecule has 0 atom stereocenters. The highest BCUT2D eigenvalue weighted by molar-refractivity contribution is 7.89. The summed E-state index contributed by atoms with van der Waals surface area (Å²) in [7, 11) is -7.79. The van der Waals surface area contributed by atoms with E-state index < -0.39 is 20.1 Å². The van der Waals surface area contributed by atoms with Gasteiger partial charge in [-0.2, -0.15) is 12.7 Å². The lowest BCUT2D eigenvalue weighted by molar-refractivity contribution is 0.279. The molecule has 3 aromatic rings. The molecule has 7 nitrogen and oxygen atoms in total. The Morgan fingerprint density at radius 2 is 1.72 bits per heavy atom. The van der Waals surface area contributed by atoms with Crippen LogP contribution in [-0.2, 0) is 24.3 Å². The van der Waals surface area contributed by atoms with Gasteiger partial charge >= 0.3 is 0 Å². The maximum atomic E-state index is 13.1. The van der Waals surface area contributed by atoms with Crippen LogP contribution in [0.25, 0.3) is 10.8 Å². The number of hydrogen-bond donors (Lipinski definition) is 0. The summed E-state index contributed by atoms with van der Waals surface area (Å²) in [6, 6.07) is 12.9. The number of sulfonamides is 1. The Balaban J connectivity index is 1.78. The summed E-state index contributed by atoms with van der Waals surface area (Å²) < 4.78 is 57.2. The van der Waals surface area contributed by atoms with E-state index in [1.165, 1.54) is 28.7 Å². The van der Waals surface area contributed by atoms with Gasteiger partial charge in [0.25, 0.3) is 10.1 Å². The zero-order chi connectivity index (χ0) is 21.1. The summed E-state index contributed by atoms with van der Waals surface area (Å²) >= 11 is 0. The number of pyridine rings is 1. The van der Waals surface area contributed by atoms with E-state index in [9.17, 15) is 16.8 Å². The molecule has 0 bridgehead atoms. The molecule has 0 aliphatic rings. The van der Waals surface area contributed by atoms with Crippen molar-refractivity contribution in [3.63, 3.8) is 0 Å². The molecule has 0 amide bonds. The molecule has 154 valence electrons. The van der Waals surface area contributed by atoms with Gasteiger partial charge in [-0.15, -0.1) is 0 Å². The van der Waals surface area contributed by atoms with Crippen molar-refractivity contribution < 1.29 is 21.0 Å². The summed E-state index contributed by atoms with van der Waals surface area (Å²) in [4.78, 5) is 4.21. The standard InChI is InChI=1S/C20H22N2O5S2/c1-3-22(13-14-27-29(25,26)18-9-7-16(2)8-10-18)28(23,24)20-6-4-5-17-15-21-12-11-19(17)20/h4-12,15H,3,13-14H2,1-2H3. The highest BCUT2D eigenvalue weighted by atomic mass is 32.2. The number of fused-ring (bicyclic) bond motifs is 1. The summed E-state index contributed by atoms with van der Waals surface area (Å²) in [5.41, 5.74) is 0.928. The number of nitrogens with zero attached hydrogens (tertiary/aromatic N) is 2. The number of likely N-dealkylation sites (N-methyl/N-ethyl adjacent to an activating group) is 1. The molecule has 9 heteroatoms. The first-order chi connectivity index (χ1) is 13.8. The van der Waals surface area contributed by atoms with Crippen molar-refractivity contribution in [3.8, 4) is 0 Å². The fraction of sp³-hybridized carbons (Fsp3) is 0.250. The molecule has 0 N–H and O–H groups in total. The van der Waals surface area contributed by atoms with Gasteiger partial charge in [-0.3, -0.25) is 9.17 Å². The second-order valence-corrected chi connectivity index (χ2v) is 9.96. The van der Waals surface area contributed by atoms with Gasteiger partial charge in [0.05, 0.1) is 16.4 Å². The third-order valence-electron chi connectivity index (χ3n) is 4.50. The fourth-order valence-electron chi connectivity index (χ4n) is 2.93. The maximum absolute atomic E-state index is 13.1. The largest absolute Gasteiger partial charge is 0.297 e. The Morgan fingerprint density at radius 1 is 1.00 bits per heavy atom. The number of rotatable bonds is 8. The number of aromatic nitrogens is 1. The first kappa shape index (κ1) is 21.4. The van der Waals surface area contributed by atoms with Crippen LogP contribution in [0.5, 0.6) is 0 Å². The van der Waals surface area contributed by atoms with Gasteiger partial charge in [0, 0.05) is 36.3 Å². The molecule has 1 aromatic heterocycles. The minimum absolute atomic E-state index is 0.0376. The number of hydrogen-bond acceptors (Lipinski definition) is 6. The van der Waals surface area contributed by atoms with E-state index >= 15 is 0 Å². The molecular formula is C20H22N2O5S2. The lowest BCUT2D eigenvalue weighted by atomic mass is 10.2. The fourth-order valence-corrected chi connectivity index (χ4v) is 5.47. The molecule has 0 spiro atoms. The molecule has 0 aliphatic carbocycles. The molecule has 0 aliphatic heterocycles. The molecule has 3 rings (SSSR count). The minimum atomic E-state index is -3.96. The molecule has 0 fully saturated rings. The third-order valence-corrected chi connectivity index (χ3v) is 7.86. The van der Waals surface area contributed by atoms with Gasteiger partial charge in [-0.05, 0) is 31.2 Å². The van der Waals surface area contributed by atoms with Crippen LogP contribution in [0.2, 0.25) is 0 Å². The van der Waals surface area contributed by atoms with Crippen molar-refractivity contribution in [1.82, 2.24) is 9.29 Å². The summed E-state index contributed by atoms with van der Waals surface area (Å²) in [6.45, 7) is 3.35. The maximum Gasteiger partial charge on any atom is 0.297 e. The molecule has 0 unspecified atom stereocenters. The quantitative estimate of drug-likeness (QED) is 0.506. The van der Waals surface area contributed by atoms with Gasteiger partial charge in [0.1, 0.15) is 0 Å². The first-order valence-corrected chi connectivity index (χ1v) is 11.9. The Kier molecular flexibility index (Phi) is 6.33. The van der Waals surface area contributed by atoms with Crippen LogP contribution >= 0.6 is 0 Å². The molecule has 29 heavy (non-hydrogen) atoms. The van der Waals surface area contributed by atoms with Crippen LogP contribution in [-0.4, -0.2) is 45.8 Å². The monoisotopic (exact) mass is 434 g/mol. The Hall–Kier alpha value is -2.33. The third kappa shape index (κ3) is 4.64. The van der Waals surface area contributed by atoms with Crippen LogP contribution in [0.15, 0.2) is 70.7 Å². The van der Waals surface area contributed by atoms with Crippen LogP contribution in [0.3, 0.4) is 0 Å². The van der Waals surface area contributed by atoms with Crippen LogP contribution < -0.4 is 0 Å². The minimum Gasteiger partial charge on any atom is -0.265 e. The normalized spacial score (nSPS) is 12.5. The summed E-state index contributed by atoms with van der Waals surface area (Å²) in [6.07, 6.45) is 3.14.